The predicted molar refractivity (Wildman–Crippen MR) is 115 cm³/mol. The fourth-order valence-corrected chi connectivity index (χ4v) is 5.11. The molecule has 2 heterocycles. The van der Waals surface area contributed by atoms with Gasteiger partial charge in [0.15, 0.2) is 0 Å². The fourth-order valence-electron chi connectivity index (χ4n) is 3.64. The molecule has 1 aliphatic heterocycles. The van der Waals surface area contributed by atoms with Crippen LogP contribution in [0.3, 0.4) is 0 Å². The van der Waals surface area contributed by atoms with Crippen LogP contribution in [-0.2, 0) is 21.4 Å². The molecule has 0 spiro atoms. The second-order valence-electron chi connectivity index (χ2n) is 7.63. The van der Waals surface area contributed by atoms with Gasteiger partial charge in [-0.1, -0.05) is 35.0 Å². The number of sulfonamides is 1. The number of nitrogens with one attached hydrogen (secondary N) is 1. The van der Waals surface area contributed by atoms with Crippen molar-refractivity contribution in [2.45, 2.75) is 37.2 Å². The van der Waals surface area contributed by atoms with Crippen molar-refractivity contribution >= 4 is 26.8 Å². The molecule has 1 fully saturated rings. The minimum atomic E-state index is -3.55. The molecule has 0 radical (unpaired) electrons. The number of fused-ring (bicyclic) bond motifs is 1. The maximum Gasteiger partial charge on any atom is 0.278 e. The van der Waals surface area contributed by atoms with E-state index in [1.165, 1.54) is 4.31 Å². The summed E-state index contributed by atoms with van der Waals surface area (Å²) in [6.45, 7) is 2.30. The summed E-state index contributed by atoms with van der Waals surface area (Å²) in [7, 11) is -3.55. The van der Waals surface area contributed by atoms with E-state index in [-0.39, 0.29) is 28.9 Å². The number of aromatic nitrogens is 3. The molecule has 1 aliphatic rings. The van der Waals surface area contributed by atoms with Crippen LogP contribution in [0.1, 0.15) is 18.4 Å². The van der Waals surface area contributed by atoms with Gasteiger partial charge < -0.3 is 5.32 Å². The molecule has 9 nitrogen and oxygen atoms in total. The molecule has 0 saturated carbocycles. The second-order valence-corrected chi connectivity index (χ2v) is 9.57. The Labute approximate surface area is 179 Å². The van der Waals surface area contributed by atoms with Crippen molar-refractivity contribution in [3.05, 3.63) is 64.4 Å². The van der Waals surface area contributed by atoms with Crippen LogP contribution in [0.5, 0.6) is 0 Å². The zero-order valence-electron chi connectivity index (χ0n) is 17.1. The van der Waals surface area contributed by atoms with Crippen LogP contribution in [0.2, 0.25) is 0 Å². The van der Waals surface area contributed by atoms with E-state index < -0.39 is 10.0 Å². The summed E-state index contributed by atoms with van der Waals surface area (Å²) >= 11 is 0. The van der Waals surface area contributed by atoms with E-state index in [4.69, 9.17) is 0 Å². The third kappa shape index (κ3) is 4.49. The van der Waals surface area contributed by atoms with Gasteiger partial charge in [0.1, 0.15) is 12.1 Å². The number of rotatable bonds is 5. The molecule has 0 aliphatic carbocycles. The molecule has 0 atom stereocenters. The topological polar surface area (TPSA) is 114 Å². The highest BCUT2D eigenvalue weighted by Gasteiger charge is 2.30. The van der Waals surface area contributed by atoms with Crippen molar-refractivity contribution < 1.29 is 13.2 Å². The third-order valence-corrected chi connectivity index (χ3v) is 7.31. The molecule has 4 rings (SSSR count). The van der Waals surface area contributed by atoms with Gasteiger partial charge >= 0.3 is 0 Å². The molecule has 1 N–H and O–H groups in total. The molecular weight excluding hydrogens is 418 g/mol. The number of carbonyl (C=O) groups is 1. The van der Waals surface area contributed by atoms with Crippen molar-refractivity contribution in [2.75, 3.05) is 13.1 Å². The average Bonchev–Trinajstić information content (AvgIpc) is 2.76. The highest BCUT2D eigenvalue weighted by Crippen LogP contribution is 2.21. The number of hydrogen-bond donors (Lipinski definition) is 1. The number of benzene rings is 2. The minimum Gasteiger partial charge on any atom is -0.352 e. The van der Waals surface area contributed by atoms with Gasteiger partial charge in [-0.3, -0.25) is 9.59 Å². The normalized spacial score (nSPS) is 15.8. The van der Waals surface area contributed by atoms with Gasteiger partial charge in [0, 0.05) is 19.1 Å². The average molecular weight is 442 g/mol. The molecular formula is C21H23N5O4S. The highest BCUT2D eigenvalue weighted by molar-refractivity contribution is 7.89. The maximum absolute atomic E-state index is 12.8. The highest BCUT2D eigenvalue weighted by atomic mass is 32.2. The second kappa shape index (κ2) is 8.56. The first-order valence-corrected chi connectivity index (χ1v) is 11.5. The first-order chi connectivity index (χ1) is 14.8. The van der Waals surface area contributed by atoms with E-state index in [0.29, 0.717) is 36.8 Å². The van der Waals surface area contributed by atoms with E-state index in [0.717, 1.165) is 10.2 Å². The van der Waals surface area contributed by atoms with Crippen LogP contribution in [0.4, 0.5) is 0 Å². The van der Waals surface area contributed by atoms with Gasteiger partial charge in [-0.15, -0.1) is 5.10 Å². The summed E-state index contributed by atoms with van der Waals surface area (Å²) in [6.07, 6.45) is 0.990. The molecule has 10 heteroatoms. The lowest BCUT2D eigenvalue weighted by Gasteiger charge is -2.31. The van der Waals surface area contributed by atoms with Crippen molar-refractivity contribution in [2.24, 2.45) is 0 Å². The fraction of sp³-hybridized carbons (Fsp3) is 0.333. The van der Waals surface area contributed by atoms with E-state index in [1.807, 2.05) is 6.92 Å². The Morgan fingerprint density at radius 1 is 1.10 bits per heavy atom. The van der Waals surface area contributed by atoms with Crippen LogP contribution in [0, 0.1) is 6.92 Å². The first-order valence-electron chi connectivity index (χ1n) is 10.0. The lowest BCUT2D eigenvalue weighted by Crippen LogP contribution is -2.47. The largest absolute Gasteiger partial charge is 0.352 e. The van der Waals surface area contributed by atoms with Gasteiger partial charge in [0.25, 0.3) is 5.56 Å². The van der Waals surface area contributed by atoms with Crippen molar-refractivity contribution in [3.8, 4) is 0 Å². The molecule has 3 aromatic rings. The van der Waals surface area contributed by atoms with Gasteiger partial charge in [0.05, 0.1) is 10.3 Å². The molecule has 1 aromatic heterocycles. The van der Waals surface area contributed by atoms with Crippen LogP contribution in [0.15, 0.2) is 58.2 Å². The number of aryl methyl sites for hydroxylation is 1. The quantitative estimate of drug-likeness (QED) is 0.634. The minimum absolute atomic E-state index is 0.166. The molecule has 162 valence electrons. The Morgan fingerprint density at radius 3 is 2.48 bits per heavy atom. The van der Waals surface area contributed by atoms with Crippen LogP contribution >= 0.6 is 0 Å². The summed E-state index contributed by atoms with van der Waals surface area (Å²) < 4.78 is 28.1. The van der Waals surface area contributed by atoms with Crippen LogP contribution in [0.25, 0.3) is 10.9 Å². The summed E-state index contributed by atoms with van der Waals surface area (Å²) in [5.74, 6) is -0.355. The predicted octanol–water partition coefficient (Wildman–Crippen LogP) is 1.07. The van der Waals surface area contributed by atoms with E-state index in [9.17, 15) is 18.0 Å². The Hall–Kier alpha value is -3.11. The molecule has 2 aromatic carbocycles. The Balaban J connectivity index is 1.36. The smallest absolute Gasteiger partial charge is 0.278 e. The molecule has 1 amide bonds. The number of piperidine rings is 1. The van der Waals surface area contributed by atoms with E-state index >= 15 is 0 Å². The molecule has 0 bridgehead atoms. The lowest BCUT2D eigenvalue weighted by atomic mass is 10.1. The van der Waals surface area contributed by atoms with Crippen LogP contribution in [-0.4, -0.2) is 52.8 Å². The van der Waals surface area contributed by atoms with Gasteiger partial charge in [0.2, 0.25) is 15.9 Å². The van der Waals surface area contributed by atoms with Gasteiger partial charge in [-0.05, 0) is 44.0 Å². The van der Waals surface area contributed by atoms with E-state index in [1.54, 1.807) is 48.5 Å². The monoisotopic (exact) mass is 441 g/mol. The lowest BCUT2D eigenvalue weighted by molar-refractivity contribution is -0.122. The molecule has 1 saturated heterocycles. The van der Waals surface area contributed by atoms with Crippen LogP contribution < -0.4 is 10.9 Å². The summed E-state index contributed by atoms with van der Waals surface area (Å²) in [4.78, 5) is 25.2. The molecule has 31 heavy (non-hydrogen) atoms. The van der Waals surface area contributed by atoms with Crippen molar-refractivity contribution in [1.82, 2.24) is 24.6 Å². The zero-order valence-corrected chi connectivity index (χ0v) is 17.9. The number of carbonyl (C=O) groups excluding carboxylic acids is 1. The zero-order chi connectivity index (χ0) is 22.0. The molecule has 0 unspecified atom stereocenters. The first kappa shape index (κ1) is 21.1. The van der Waals surface area contributed by atoms with Gasteiger partial charge in [-0.2, -0.15) is 4.31 Å². The number of nitrogens with zero attached hydrogens (tertiary/aromatic N) is 4. The maximum atomic E-state index is 12.8. The summed E-state index contributed by atoms with van der Waals surface area (Å²) in [6, 6.07) is 13.4. The Morgan fingerprint density at radius 2 is 1.77 bits per heavy atom. The number of amides is 1. The third-order valence-electron chi connectivity index (χ3n) is 5.40. The van der Waals surface area contributed by atoms with Crippen molar-refractivity contribution in [3.63, 3.8) is 0 Å². The van der Waals surface area contributed by atoms with E-state index in [2.05, 4.69) is 15.6 Å². The SMILES string of the molecule is Cc1ccc(S(=O)(=O)N2CCC(NC(=O)Cn3nnc4ccccc4c3=O)CC2)cc1. The summed E-state index contributed by atoms with van der Waals surface area (Å²) in [5, 5.41) is 11.1. The van der Waals surface area contributed by atoms with Crippen molar-refractivity contribution in [1.29, 1.82) is 0 Å². The van der Waals surface area contributed by atoms with Gasteiger partial charge in [-0.25, -0.2) is 13.1 Å². The standard InChI is InChI=1S/C21H23N5O4S/c1-15-6-8-17(9-7-15)31(29,30)25-12-10-16(11-13-25)22-20(27)14-26-21(28)18-4-2-3-5-19(18)23-24-26/h2-9,16H,10-14H2,1H3,(H,22,27). The Bertz CT molecular complexity index is 1260. The Kier molecular flexibility index (Phi) is 5.84. The number of hydrogen-bond acceptors (Lipinski definition) is 6. The summed E-state index contributed by atoms with van der Waals surface area (Å²) in [5.41, 5.74) is 1.10.